The maximum absolute atomic E-state index is 9.76. The summed E-state index contributed by atoms with van der Waals surface area (Å²) in [6.07, 6.45) is 1.03. The summed E-state index contributed by atoms with van der Waals surface area (Å²) in [4.78, 5) is 14.1. The maximum Gasteiger partial charge on any atom is 0.274 e. The van der Waals surface area contributed by atoms with Crippen LogP contribution in [0.2, 0.25) is 0 Å². The van der Waals surface area contributed by atoms with E-state index < -0.39 is 0 Å². The Morgan fingerprint density at radius 2 is 2.50 bits per heavy atom. The summed E-state index contributed by atoms with van der Waals surface area (Å²) in [7, 11) is 1.27. The largest absolute Gasteiger partial charge is 0.274 e. The Kier molecular flexibility index (Phi) is 2.04. The van der Waals surface area contributed by atoms with E-state index in [9.17, 15) is 4.91 Å². The Morgan fingerprint density at radius 3 is 2.50 bits per heavy atom. The van der Waals surface area contributed by atoms with Crippen molar-refractivity contribution in [1.29, 1.82) is 0 Å². The van der Waals surface area contributed by atoms with Crippen molar-refractivity contribution < 1.29 is 9.76 Å². The van der Waals surface area contributed by atoms with Crippen LogP contribution >= 0.6 is 0 Å². The van der Waals surface area contributed by atoms with Gasteiger partial charge < -0.3 is 0 Å². The zero-order chi connectivity index (χ0) is 4.99. The molecule has 0 bridgehead atoms. The van der Waals surface area contributed by atoms with Gasteiger partial charge in [0.1, 0.15) is 0 Å². The summed E-state index contributed by atoms with van der Waals surface area (Å²) in [5, 5.41) is 0. The van der Waals surface area contributed by atoms with Gasteiger partial charge in [0.25, 0.3) is 11.1 Å². The highest BCUT2D eigenvalue weighted by molar-refractivity contribution is 4.39. The molecule has 0 aliphatic heterocycles. The summed E-state index contributed by atoms with van der Waals surface area (Å²) < 4.78 is 0. The van der Waals surface area contributed by atoms with Crippen LogP contribution in [0.1, 0.15) is 0 Å². The summed E-state index contributed by atoms with van der Waals surface area (Å²) in [5.74, 6) is 0. The SMILES string of the molecule is C=C[N+](=O)OC. The van der Waals surface area contributed by atoms with Gasteiger partial charge in [-0.2, -0.15) is 0 Å². The zero-order valence-electron chi connectivity index (χ0n) is 3.55. The minimum Gasteiger partial charge on any atom is -0.231 e. The molecule has 0 saturated heterocycles. The van der Waals surface area contributed by atoms with E-state index in [1.54, 1.807) is 0 Å². The Morgan fingerprint density at radius 1 is 2.00 bits per heavy atom. The lowest BCUT2D eigenvalue weighted by molar-refractivity contribution is -0.748. The molecule has 3 nitrogen and oxygen atoms in total. The van der Waals surface area contributed by atoms with Crippen LogP contribution < -0.4 is 0 Å². The fourth-order valence-electron chi connectivity index (χ4n) is 0.0745. The fourth-order valence-corrected chi connectivity index (χ4v) is 0.0745. The molecule has 0 heterocycles. The first-order valence-electron chi connectivity index (χ1n) is 1.44. The zero-order valence-corrected chi connectivity index (χ0v) is 3.55. The molecule has 0 amide bonds. The third-order valence-electron chi connectivity index (χ3n) is 0.329. The lowest BCUT2D eigenvalue weighted by Crippen LogP contribution is -1.92. The van der Waals surface area contributed by atoms with Gasteiger partial charge in [-0.3, -0.25) is 0 Å². The molecule has 0 fully saturated rings. The van der Waals surface area contributed by atoms with Crippen LogP contribution in [0.15, 0.2) is 12.8 Å². The second-order valence-electron chi connectivity index (χ2n) is 0.651. The number of hydrogen-bond acceptors (Lipinski definition) is 2. The highest BCUT2D eigenvalue weighted by Crippen LogP contribution is 1.66. The van der Waals surface area contributed by atoms with E-state index in [0.29, 0.717) is 0 Å². The third kappa shape index (κ3) is 1.46. The van der Waals surface area contributed by atoms with E-state index in [0.717, 1.165) is 6.20 Å². The van der Waals surface area contributed by atoms with Crippen molar-refractivity contribution in [3.8, 4) is 0 Å². The molecule has 0 saturated carbocycles. The van der Waals surface area contributed by atoms with E-state index in [-0.39, 0.29) is 4.92 Å². The molecule has 6 heavy (non-hydrogen) atoms. The van der Waals surface area contributed by atoms with Crippen molar-refractivity contribution in [3.05, 3.63) is 17.7 Å². The van der Waals surface area contributed by atoms with E-state index in [1.165, 1.54) is 7.11 Å². The molecule has 0 aromatic rings. The summed E-state index contributed by atoms with van der Waals surface area (Å²) in [6.45, 7) is 3.12. The second-order valence-corrected chi connectivity index (χ2v) is 0.651. The minimum absolute atomic E-state index is 0.264. The minimum atomic E-state index is 0.264. The van der Waals surface area contributed by atoms with Gasteiger partial charge in [0.05, 0.1) is 4.91 Å². The van der Waals surface area contributed by atoms with Gasteiger partial charge >= 0.3 is 0 Å². The molecule has 0 aromatic carbocycles. The Balaban J connectivity index is 3.23. The number of rotatable bonds is 2. The molecule has 0 rings (SSSR count). The smallest absolute Gasteiger partial charge is 0.231 e. The molecule has 0 N–H and O–H groups in total. The summed E-state index contributed by atoms with van der Waals surface area (Å²) >= 11 is 0. The molecule has 34 valence electrons. The lowest BCUT2D eigenvalue weighted by Gasteiger charge is -1.70. The molecule has 0 aromatic heterocycles. The van der Waals surface area contributed by atoms with Crippen molar-refractivity contribution >= 4 is 0 Å². The van der Waals surface area contributed by atoms with E-state index in [4.69, 9.17) is 0 Å². The number of nitrogens with zero attached hydrogens (tertiary/aromatic N) is 1. The summed E-state index contributed by atoms with van der Waals surface area (Å²) in [6, 6.07) is 0. The predicted molar refractivity (Wildman–Crippen MR) is 20.8 cm³/mol. The Labute approximate surface area is 35.8 Å². The van der Waals surface area contributed by atoms with Crippen molar-refractivity contribution in [2.75, 3.05) is 7.11 Å². The monoisotopic (exact) mass is 88.0 g/mol. The van der Waals surface area contributed by atoms with Crippen LogP contribution in [0.5, 0.6) is 0 Å². The highest BCUT2D eigenvalue weighted by atomic mass is 16.7. The van der Waals surface area contributed by atoms with Gasteiger partial charge in [-0.25, -0.2) is 4.84 Å². The van der Waals surface area contributed by atoms with Gasteiger partial charge in [-0.1, -0.05) is 0 Å². The van der Waals surface area contributed by atoms with Gasteiger partial charge in [-0.15, -0.1) is 0 Å². The van der Waals surface area contributed by atoms with Crippen molar-refractivity contribution in [2.24, 2.45) is 0 Å². The molecule has 0 aliphatic rings. The van der Waals surface area contributed by atoms with Gasteiger partial charge in [0.2, 0.25) is 0 Å². The van der Waals surface area contributed by atoms with E-state index in [1.807, 2.05) is 0 Å². The van der Waals surface area contributed by atoms with Crippen LogP contribution in [0.4, 0.5) is 0 Å². The van der Waals surface area contributed by atoms with Crippen LogP contribution in [-0.2, 0) is 4.84 Å². The average Bonchev–Trinajstić information content (AvgIpc) is 1.65. The summed E-state index contributed by atoms with van der Waals surface area (Å²) in [5.41, 5.74) is 0. The molecule has 0 atom stereocenters. The van der Waals surface area contributed by atoms with E-state index in [2.05, 4.69) is 11.4 Å². The van der Waals surface area contributed by atoms with Gasteiger partial charge in [0, 0.05) is 0 Å². The van der Waals surface area contributed by atoms with Crippen molar-refractivity contribution in [2.45, 2.75) is 0 Å². The maximum atomic E-state index is 9.76. The topological polar surface area (TPSA) is 29.3 Å². The van der Waals surface area contributed by atoms with Crippen LogP contribution in [0, 0.1) is 4.91 Å². The molecule has 3 heteroatoms. The molecule has 0 spiro atoms. The predicted octanol–water partition coefficient (Wildman–Crippen LogP) is 0.470. The molecule has 0 aliphatic carbocycles. The molecule has 0 unspecified atom stereocenters. The molecular formula is C3H6NO2+. The first-order chi connectivity index (χ1) is 2.81. The van der Waals surface area contributed by atoms with Crippen molar-refractivity contribution in [3.63, 3.8) is 0 Å². The first-order valence-corrected chi connectivity index (χ1v) is 1.44. The highest BCUT2D eigenvalue weighted by Gasteiger charge is 1.90. The molecule has 0 radical (unpaired) electrons. The first kappa shape index (κ1) is 5.14. The van der Waals surface area contributed by atoms with Crippen molar-refractivity contribution in [1.82, 2.24) is 0 Å². The molecular weight excluding hydrogens is 82.0 g/mol. The number of hydrogen-bond donors (Lipinski definition) is 0. The van der Waals surface area contributed by atoms with E-state index >= 15 is 0 Å². The normalized spacial score (nSPS) is 6.83. The quantitative estimate of drug-likeness (QED) is 0.459. The van der Waals surface area contributed by atoms with Gasteiger partial charge in [-0.05, 0) is 6.58 Å². The fraction of sp³-hybridized carbons (Fsp3) is 0.333. The van der Waals surface area contributed by atoms with Gasteiger partial charge in [0.15, 0.2) is 7.11 Å². The van der Waals surface area contributed by atoms with Crippen LogP contribution in [0.25, 0.3) is 0 Å². The Hall–Kier alpha value is -0.860. The third-order valence-corrected chi connectivity index (χ3v) is 0.329. The lowest BCUT2D eigenvalue weighted by atomic mass is 11.1. The average molecular weight is 88.1 g/mol. The van der Waals surface area contributed by atoms with Crippen LogP contribution in [0.3, 0.4) is 0 Å². The Bertz CT molecular complexity index is 69.2. The standard InChI is InChI=1S/C3H6NO2/c1-3-4(5)6-2/h3H,1H2,2H3/q+1. The second kappa shape index (κ2) is 2.38. The van der Waals surface area contributed by atoms with Crippen LogP contribution in [-0.4, -0.2) is 12.0 Å².